The third kappa shape index (κ3) is 3.60. The maximum atomic E-state index is 6.39. The molecule has 0 amide bonds. The second-order valence-electron chi connectivity index (χ2n) is 7.66. The van der Waals surface area contributed by atoms with Crippen LogP contribution in [0.25, 0.3) is 0 Å². The quantitative estimate of drug-likeness (QED) is 0.872. The van der Waals surface area contributed by atoms with Gasteiger partial charge in [0.25, 0.3) is 0 Å². The van der Waals surface area contributed by atoms with Crippen LogP contribution in [0.2, 0.25) is 0 Å². The number of aryl methyl sites for hydroxylation is 1. The van der Waals surface area contributed by atoms with Gasteiger partial charge in [-0.15, -0.1) is 0 Å². The van der Waals surface area contributed by atoms with E-state index in [1.807, 2.05) is 12.4 Å². The van der Waals surface area contributed by atoms with Crippen LogP contribution in [0.4, 0.5) is 5.82 Å². The molecule has 1 saturated heterocycles. The van der Waals surface area contributed by atoms with Crippen LogP contribution in [-0.2, 0) is 6.42 Å². The highest BCUT2D eigenvalue weighted by Crippen LogP contribution is 2.45. The van der Waals surface area contributed by atoms with Crippen LogP contribution in [0.5, 0.6) is 0 Å². The normalized spacial score (nSPS) is 22.1. The van der Waals surface area contributed by atoms with Crippen LogP contribution >= 0.6 is 11.8 Å². The predicted molar refractivity (Wildman–Crippen MR) is 108 cm³/mol. The third-order valence-electron chi connectivity index (χ3n) is 6.23. The zero-order valence-corrected chi connectivity index (χ0v) is 16.3. The van der Waals surface area contributed by atoms with E-state index in [1.54, 1.807) is 11.8 Å². The molecular formula is C21H28N4S. The third-order valence-corrected chi connectivity index (χ3v) is 7.16. The van der Waals surface area contributed by atoms with Crippen LogP contribution in [-0.4, -0.2) is 29.1 Å². The van der Waals surface area contributed by atoms with Gasteiger partial charge in [0.2, 0.25) is 0 Å². The number of nitrogens with zero attached hydrogens (tertiary/aromatic N) is 3. The lowest BCUT2D eigenvalue weighted by Crippen LogP contribution is -2.47. The minimum Gasteiger partial charge on any atom is -0.355 e. The van der Waals surface area contributed by atoms with E-state index in [4.69, 9.17) is 5.73 Å². The van der Waals surface area contributed by atoms with Gasteiger partial charge in [-0.05, 0) is 55.2 Å². The van der Waals surface area contributed by atoms with Gasteiger partial charge in [0, 0.05) is 24.0 Å². The van der Waals surface area contributed by atoms with Crippen molar-refractivity contribution in [1.29, 1.82) is 0 Å². The van der Waals surface area contributed by atoms with Crippen molar-refractivity contribution in [2.75, 3.05) is 18.0 Å². The SMILES string of the molecule is CCc1ccc(Sc2cnc(N3CCC4(CCCC4N)CC3)cn2)cc1. The molecular weight excluding hydrogens is 340 g/mol. The fraction of sp³-hybridized carbons (Fsp3) is 0.524. The smallest absolute Gasteiger partial charge is 0.147 e. The van der Waals surface area contributed by atoms with Gasteiger partial charge >= 0.3 is 0 Å². The molecule has 1 aromatic heterocycles. The molecule has 4 nitrogen and oxygen atoms in total. The summed E-state index contributed by atoms with van der Waals surface area (Å²) >= 11 is 1.67. The average Bonchev–Trinajstić information content (AvgIpc) is 3.04. The van der Waals surface area contributed by atoms with E-state index in [2.05, 4.69) is 46.1 Å². The first-order valence-electron chi connectivity index (χ1n) is 9.78. The van der Waals surface area contributed by atoms with Crippen LogP contribution in [0, 0.1) is 5.41 Å². The molecule has 1 saturated carbocycles. The Balaban J connectivity index is 1.37. The number of nitrogens with two attached hydrogens (primary N) is 1. The summed E-state index contributed by atoms with van der Waals surface area (Å²) in [7, 11) is 0. The highest BCUT2D eigenvalue weighted by molar-refractivity contribution is 7.99. The van der Waals surface area contributed by atoms with E-state index in [1.165, 1.54) is 42.6 Å². The number of hydrogen-bond acceptors (Lipinski definition) is 5. The van der Waals surface area contributed by atoms with Gasteiger partial charge in [0.15, 0.2) is 0 Å². The zero-order chi connectivity index (χ0) is 18.0. The number of aromatic nitrogens is 2. The van der Waals surface area contributed by atoms with E-state index < -0.39 is 0 Å². The molecule has 0 bridgehead atoms. The van der Waals surface area contributed by atoms with Gasteiger partial charge in [0.05, 0.1) is 12.4 Å². The van der Waals surface area contributed by atoms with Crippen LogP contribution in [0.1, 0.15) is 44.6 Å². The standard InChI is InChI=1S/C21H28N4S/c1-2-16-5-7-17(8-6-16)26-20-15-23-19(14-24-20)25-12-10-21(11-13-25)9-3-4-18(21)22/h5-8,14-15,18H,2-4,9-13,22H2,1H3. The number of hydrogen-bond donors (Lipinski definition) is 1. The van der Waals surface area contributed by atoms with Crippen molar-refractivity contribution in [3.05, 3.63) is 42.2 Å². The topological polar surface area (TPSA) is 55.0 Å². The van der Waals surface area contributed by atoms with Gasteiger partial charge in [-0.2, -0.15) is 0 Å². The fourth-order valence-corrected chi connectivity index (χ4v) is 5.13. The molecule has 2 fully saturated rings. The molecule has 1 spiro atoms. The number of rotatable bonds is 4. The molecule has 1 unspecified atom stereocenters. The fourth-order valence-electron chi connectivity index (χ4n) is 4.41. The lowest BCUT2D eigenvalue weighted by Gasteiger charge is -2.42. The van der Waals surface area contributed by atoms with Crippen molar-refractivity contribution in [1.82, 2.24) is 9.97 Å². The molecule has 4 rings (SSSR count). The van der Waals surface area contributed by atoms with Crippen molar-refractivity contribution >= 4 is 17.6 Å². The lowest BCUT2D eigenvalue weighted by molar-refractivity contribution is 0.197. The first-order chi connectivity index (χ1) is 12.7. The number of benzene rings is 1. The number of anilines is 1. The summed E-state index contributed by atoms with van der Waals surface area (Å²) in [6.45, 7) is 4.27. The molecule has 0 radical (unpaired) electrons. The summed E-state index contributed by atoms with van der Waals surface area (Å²) < 4.78 is 0. The minimum absolute atomic E-state index is 0.393. The van der Waals surface area contributed by atoms with Crippen molar-refractivity contribution in [2.24, 2.45) is 11.1 Å². The van der Waals surface area contributed by atoms with Gasteiger partial charge in [-0.25, -0.2) is 9.97 Å². The number of piperidine rings is 1. The van der Waals surface area contributed by atoms with E-state index in [0.29, 0.717) is 11.5 Å². The maximum Gasteiger partial charge on any atom is 0.147 e. The molecule has 1 aliphatic carbocycles. The van der Waals surface area contributed by atoms with Gasteiger partial charge in [-0.1, -0.05) is 37.2 Å². The Bertz CT molecular complexity index is 721. The Labute approximate surface area is 160 Å². The average molecular weight is 369 g/mol. The van der Waals surface area contributed by atoms with Gasteiger partial charge < -0.3 is 10.6 Å². The van der Waals surface area contributed by atoms with Gasteiger partial charge in [0.1, 0.15) is 10.8 Å². The summed E-state index contributed by atoms with van der Waals surface area (Å²) in [6, 6.07) is 9.08. The summed E-state index contributed by atoms with van der Waals surface area (Å²) in [6.07, 6.45) is 11.1. The van der Waals surface area contributed by atoms with Crippen molar-refractivity contribution < 1.29 is 0 Å². The first-order valence-corrected chi connectivity index (χ1v) is 10.6. The van der Waals surface area contributed by atoms with E-state index >= 15 is 0 Å². The van der Waals surface area contributed by atoms with Crippen molar-refractivity contribution in [2.45, 2.75) is 61.4 Å². The van der Waals surface area contributed by atoms with Crippen LogP contribution < -0.4 is 10.6 Å². The molecule has 1 aliphatic heterocycles. The Morgan fingerprint density at radius 3 is 2.46 bits per heavy atom. The summed E-state index contributed by atoms with van der Waals surface area (Å²) in [5.41, 5.74) is 8.15. The Morgan fingerprint density at radius 2 is 1.88 bits per heavy atom. The summed E-state index contributed by atoms with van der Waals surface area (Å²) in [5.74, 6) is 0.997. The summed E-state index contributed by atoms with van der Waals surface area (Å²) in [4.78, 5) is 12.9. The Morgan fingerprint density at radius 1 is 1.12 bits per heavy atom. The van der Waals surface area contributed by atoms with Crippen molar-refractivity contribution in [3.8, 4) is 0 Å². The van der Waals surface area contributed by atoms with Crippen LogP contribution in [0.15, 0.2) is 46.6 Å². The van der Waals surface area contributed by atoms with Crippen LogP contribution in [0.3, 0.4) is 0 Å². The predicted octanol–water partition coefficient (Wildman–Crippen LogP) is 4.29. The van der Waals surface area contributed by atoms with Crippen molar-refractivity contribution in [3.63, 3.8) is 0 Å². The Kier molecular flexibility index (Phi) is 5.18. The van der Waals surface area contributed by atoms with E-state index in [0.717, 1.165) is 30.4 Å². The minimum atomic E-state index is 0.393. The molecule has 5 heteroatoms. The van der Waals surface area contributed by atoms with E-state index in [-0.39, 0.29) is 0 Å². The van der Waals surface area contributed by atoms with Gasteiger partial charge in [-0.3, -0.25) is 0 Å². The first kappa shape index (κ1) is 17.8. The van der Waals surface area contributed by atoms with E-state index in [9.17, 15) is 0 Å². The summed E-state index contributed by atoms with van der Waals surface area (Å²) in [5, 5.41) is 0.948. The molecule has 138 valence electrons. The Hall–Kier alpha value is -1.59. The highest BCUT2D eigenvalue weighted by atomic mass is 32.2. The molecule has 2 N–H and O–H groups in total. The zero-order valence-electron chi connectivity index (χ0n) is 15.5. The molecule has 2 heterocycles. The lowest BCUT2D eigenvalue weighted by atomic mass is 9.74. The molecule has 26 heavy (non-hydrogen) atoms. The second-order valence-corrected chi connectivity index (χ2v) is 8.75. The highest BCUT2D eigenvalue weighted by Gasteiger charge is 2.42. The molecule has 2 aliphatic rings. The molecule has 2 aromatic rings. The second kappa shape index (κ2) is 7.57. The largest absolute Gasteiger partial charge is 0.355 e. The molecule has 1 aromatic carbocycles. The molecule has 1 atom stereocenters. The maximum absolute atomic E-state index is 6.39. The monoisotopic (exact) mass is 368 g/mol.